The summed E-state index contributed by atoms with van der Waals surface area (Å²) in [4.78, 5) is 0.248. The first-order valence-electron chi connectivity index (χ1n) is 6.19. The third-order valence-electron chi connectivity index (χ3n) is 3.39. The largest absolute Gasteiger partial charge is 0.326 e. The van der Waals surface area contributed by atoms with Gasteiger partial charge in [0.15, 0.2) is 0 Å². The van der Waals surface area contributed by atoms with Gasteiger partial charge in [-0.2, -0.15) is 9.40 Å². The highest BCUT2D eigenvalue weighted by Gasteiger charge is 2.35. The number of hydrogen-bond acceptors (Lipinski definition) is 4. The van der Waals surface area contributed by atoms with Gasteiger partial charge in [0.1, 0.15) is 4.90 Å². The summed E-state index contributed by atoms with van der Waals surface area (Å²) < 4.78 is 28.1. The maximum Gasteiger partial charge on any atom is 0.246 e. The fourth-order valence-corrected chi connectivity index (χ4v) is 4.18. The van der Waals surface area contributed by atoms with Crippen molar-refractivity contribution in [3.8, 4) is 0 Å². The van der Waals surface area contributed by atoms with Crippen LogP contribution in [0.2, 0.25) is 0 Å². The highest BCUT2D eigenvalue weighted by Crippen LogP contribution is 2.26. The van der Waals surface area contributed by atoms with Crippen molar-refractivity contribution in [2.75, 3.05) is 6.54 Å². The first-order valence-corrected chi connectivity index (χ1v) is 7.63. The zero-order chi connectivity index (χ0) is 13.3. The van der Waals surface area contributed by atoms with Gasteiger partial charge in [-0.15, -0.1) is 0 Å². The van der Waals surface area contributed by atoms with Crippen LogP contribution in [-0.2, 0) is 17.1 Å². The number of nitrogens with two attached hydrogens (primary N) is 1. The molecule has 6 nitrogen and oxygen atoms in total. The van der Waals surface area contributed by atoms with E-state index in [0.717, 1.165) is 19.3 Å². The summed E-state index contributed by atoms with van der Waals surface area (Å²) in [5, 5.41) is 3.93. The van der Waals surface area contributed by atoms with Crippen LogP contribution in [0.25, 0.3) is 0 Å². The van der Waals surface area contributed by atoms with E-state index in [4.69, 9.17) is 5.73 Å². The summed E-state index contributed by atoms with van der Waals surface area (Å²) in [6.07, 6.45) is 5.68. The molecule has 0 bridgehead atoms. The third-order valence-corrected chi connectivity index (χ3v) is 5.27. The van der Waals surface area contributed by atoms with E-state index in [1.165, 1.54) is 21.4 Å². The van der Waals surface area contributed by atoms with E-state index in [0.29, 0.717) is 6.54 Å². The standard InChI is InChI=1S/C11H20N4O2S/c1-9(12)11-5-3-4-6-15(11)18(16,17)10-7-13-14(2)8-10/h7-9,11H,3-6,12H2,1-2H3. The molecule has 0 saturated carbocycles. The lowest BCUT2D eigenvalue weighted by molar-refractivity contribution is 0.227. The molecule has 1 aromatic rings. The molecule has 0 aromatic carbocycles. The van der Waals surface area contributed by atoms with E-state index in [2.05, 4.69) is 5.10 Å². The predicted octanol–water partition coefficient (Wildman–Crippen LogP) is 0.311. The molecule has 2 heterocycles. The number of sulfonamides is 1. The lowest BCUT2D eigenvalue weighted by atomic mass is 10.00. The molecular formula is C11H20N4O2S. The van der Waals surface area contributed by atoms with Gasteiger partial charge in [0, 0.05) is 31.9 Å². The maximum absolute atomic E-state index is 12.5. The Hall–Kier alpha value is -0.920. The number of piperidine rings is 1. The van der Waals surface area contributed by atoms with Crippen molar-refractivity contribution in [3.63, 3.8) is 0 Å². The van der Waals surface area contributed by atoms with Gasteiger partial charge in [-0.1, -0.05) is 6.42 Å². The van der Waals surface area contributed by atoms with E-state index in [9.17, 15) is 8.42 Å². The van der Waals surface area contributed by atoms with Crippen molar-refractivity contribution < 1.29 is 8.42 Å². The minimum absolute atomic E-state index is 0.107. The highest BCUT2D eigenvalue weighted by atomic mass is 32.2. The van der Waals surface area contributed by atoms with Crippen LogP contribution in [0, 0.1) is 0 Å². The molecule has 2 N–H and O–H groups in total. The van der Waals surface area contributed by atoms with Crippen LogP contribution in [0.1, 0.15) is 26.2 Å². The van der Waals surface area contributed by atoms with Crippen LogP contribution >= 0.6 is 0 Å². The van der Waals surface area contributed by atoms with Gasteiger partial charge >= 0.3 is 0 Å². The average Bonchev–Trinajstić information content (AvgIpc) is 2.76. The lowest BCUT2D eigenvalue weighted by Gasteiger charge is -2.36. The van der Waals surface area contributed by atoms with Crippen molar-refractivity contribution in [2.24, 2.45) is 12.8 Å². The molecule has 1 aliphatic heterocycles. The molecule has 0 amide bonds. The van der Waals surface area contributed by atoms with E-state index in [1.807, 2.05) is 6.92 Å². The molecule has 0 radical (unpaired) electrons. The van der Waals surface area contributed by atoms with E-state index >= 15 is 0 Å². The number of aromatic nitrogens is 2. The molecular weight excluding hydrogens is 252 g/mol. The summed E-state index contributed by atoms with van der Waals surface area (Å²) in [5.41, 5.74) is 5.91. The quantitative estimate of drug-likeness (QED) is 0.858. The molecule has 2 unspecified atom stereocenters. The van der Waals surface area contributed by atoms with Gasteiger partial charge in [0.05, 0.1) is 6.20 Å². The lowest BCUT2D eigenvalue weighted by Crippen LogP contribution is -2.51. The fraction of sp³-hybridized carbons (Fsp3) is 0.727. The molecule has 18 heavy (non-hydrogen) atoms. The van der Waals surface area contributed by atoms with Crippen LogP contribution in [0.4, 0.5) is 0 Å². The maximum atomic E-state index is 12.5. The Morgan fingerprint density at radius 1 is 1.50 bits per heavy atom. The Balaban J connectivity index is 2.33. The van der Waals surface area contributed by atoms with Gasteiger partial charge in [0.2, 0.25) is 10.0 Å². The average molecular weight is 272 g/mol. The molecule has 0 aliphatic carbocycles. The second kappa shape index (κ2) is 4.99. The van der Waals surface area contributed by atoms with Crippen molar-refractivity contribution in [1.29, 1.82) is 0 Å². The smallest absolute Gasteiger partial charge is 0.246 e. The molecule has 1 saturated heterocycles. The molecule has 2 rings (SSSR count). The molecule has 102 valence electrons. The number of hydrogen-bond donors (Lipinski definition) is 1. The SMILES string of the molecule is CC(N)C1CCCCN1S(=O)(=O)c1cnn(C)c1. The van der Waals surface area contributed by atoms with Gasteiger partial charge in [0.25, 0.3) is 0 Å². The van der Waals surface area contributed by atoms with Crippen LogP contribution < -0.4 is 5.73 Å². The predicted molar refractivity (Wildman–Crippen MR) is 68.4 cm³/mol. The Morgan fingerprint density at radius 2 is 2.22 bits per heavy atom. The van der Waals surface area contributed by atoms with Gasteiger partial charge in [-0.05, 0) is 19.8 Å². The first-order chi connectivity index (χ1) is 8.43. The van der Waals surface area contributed by atoms with Crippen molar-refractivity contribution in [2.45, 2.75) is 43.2 Å². The Bertz CT molecular complexity index is 509. The topological polar surface area (TPSA) is 81.2 Å². The zero-order valence-corrected chi connectivity index (χ0v) is 11.6. The number of rotatable bonds is 3. The fourth-order valence-electron chi connectivity index (χ4n) is 2.42. The molecule has 7 heteroatoms. The summed E-state index contributed by atoms with van der Waals surface area (Å²) in [7, 11) is -1.76. The van der Waals surface area contributed by atoms with Gasteiger partial charge in [-0.3, -0.25) is 4.68 Å². The van der Waals surface area contributed by atoms with Crippen LogP contribution in [-0.4, -0.2) is 41.1 Å². The molecule has 1 aliphatic rings. The summed E-state index contributed by atoms with van der Waals surface area (Å²) >= 11 is 0. The third kappa shape index (κ3) is 2.43. The van der Waals surface area contributed by atoms with Gasteiger partial charge in [-0.25, -0.2) is 8.42 Å². The normalized spacial score (nSPS) is 24.1. The molecule has 2 atom stereocenters. The number of nitrogens with zero attached hydrogens (tertiary/aromatic N) is 3. The Kier molecular flexibility index (Phi) is 3.74. The van der Waals surface area contributed by atoms with E-state index in [1.54, 1.807) is 7.05 Å². The summed E-state index contributed by atoms with van der Waals surface area (Å²) in [6.45, 7) is 2.41. The second-order valence-corrected chi connectivity index (χ2v) is 6.78. The van der Waals surface area contributed by atoms with Crippen molar-refractivity contribution >= 4 is 10.0 Å². The number of aryl methyl sites for hydroxylation is 1. The summed E-state index contributed by atoms with van der Waals surface area (Å²) in [6, 6.07) is -0.263. The van der Waals surface area contributed by atoms with Crippen LogP contribution in [0.3, 0.4) is 0 Å². The second-order valence-electron chi connectivity index (χ2n) is 4.89. The highest BCUT2D eigenvalue weighted by molar-refractivity contribution is 7.89. The summed E-state index contributed by atoms with van der Waals surface area (Å²) in [5.74, 6) is 0. The van der Waals surface area contributed by atoms with E-state index in [-0.39, 0.29) is 17.0 Å². The monoisotopic (exact) mass is 272 g/mol. The Labute approximate surface area is 108 Å². The minimum atomic E-state index is -3.47. The Morgan fingerprint density at radius 3 is 2.78 bits per heavy atom. The zero-order valence-electron chi connectivity index (χ0n) is 10.8. The van der Waals surface area contributed by atoms with Crippen molar-refractivity contribution in [1.82, 2.24) is 14.1 Å². The first kappa shape index (κ1) is 13.5. The van der Waals surface area contributed by atoms with Crippen LogP contribution in [0.5, 0.6) is 0 Å². The minimum Gasteiger partial charge on any atom is -0.326 e. The van der Waals surface area contributed by atoms with Crippen molar-refractivity contribution in [3.05, 3.63) is 12.4 Å². The van der Waals surface area contributed by atoms with Crippen LogP contribution in [0.15, 0.2) is 17.3 Å². The molecule has 1 fully saturated rings. The van der Waals surface area contributed by atoms with Gasteiger partial charge < -0.3 is 5.73 Å². The molecule has 0 spiro atoms. The van der Waals surface area contributed by atoms with E-state index < -0.39 is 10.0 Å². The molecule has 1 aromatic heterocycles.